The number of aryl methyl sites for hydroxylation is 1. The summed E-state index contributed by atoms with van der Waals surface area (Å²) >= 11 is 0. The number of hydrogen-bond donors (Lipinski definition) is 1. The molecule has 1 aromatic rings. The molecule has 0 radical (unpaired) electrons. The van der Waals surface area contributed by atoms with E-state index in [0.29, 0.717) is 18.9 Å². The van der Waals surface area contributed by atoms with E-state index in [1.807, 2.05) is 4.90 Å². The molecule has 2 fully saturated rings. The summed E-state index contributed by atoms with van der Waals surface area (Å²) in [5.74, 6) is 0.0925. The first kappa shape index (κ1) is 19.2. The fourth-order valence-electron chi connectivity index (χ4n) is 3.78. The Morgan fingerprint density at radius 1 is 1.04 bits per heavy atom. The molecule has 2 aliphatic rings. The maximum Gasteiger partial charge on any atom is 0.416 e. The highest BCUT2D eigenvalue weighted by atomic mass is 19.4. The van der Waals surface area contributed by atoms with Gasteiger partial charge >= 0.3 is 6.18 Å². The Balaban J connectivity index is 1.43. The topological polar surface area (TPSA) is 35.6 Å². The van der Waals surface area contributed by atoms with E-state index < -0.39 is 11.7 Å². The summed E-state index contributed by atoms with van der Waals surface area (Å²) < 4.78 is 37.7. The summed E-state index contributed by atoms with van der Waals surface area (Å²) in [6, 6.07) is 5.71. The number of piperazine rings is 1. The van der Waals surface area contributed by atoms with Crippen LogP contribution in [0.4, 0.5) is 13.2 Å². The summed E-state index contributed by atoms with van der Waals surface area (Å²) in [7, 11) is 0. The zero-order valence-corrected chi connectivity index (χ0v) is 14.9. The van der Waals surface area contributed by atoms with Gasteiger partial charge in [0, 0.05) is 38.6 Å². The number of rotatable bonds is 4. The van der Waals surface area contributed by atoms with Crippen LogP contribution in [0.3, 0.4) is 0 Å². The lowest BCUT2D eigenvalue weighted by Crippen LogP contribution is -2.54. The first-order valence-electron chi connectivity index (χ1n) is 9.32. The highest BCUT2D eigenvalue weighted by Gasteiger charge is 2.30. The molecule has 2 aliphatic heterocycles. The second-order valence-electron chi connectivity index (χ2n) is 7.09. The van der Waals surface area contributed by atoms with Gasteiger partial charge < -0.3 is 10.2 Å². The van der Waals surface area contributed by atoms with Gasteiger partial charge in [0.2, 0.25) is 5.91 Å². The van der Waals surface area contributed by atoms with Crippen molar-refractivity contribution >= 4 is 5.91 Å². The number of amides is 1. The smallest absolute Gasteiger partial charge is 0.340 e. The van der Waals surface area contributed by atoms with Gasteiger partial charge in [0.05, 0.1) is 5.56 Å². The molecule has 7 heteroatoms. The van der Waals surface area contributed by atoms with Gasteiger partial charge in [0.15, 0.2) is 0 Å². The lowest BCUT2D eigenvalue weighted by molar-refractivity contribution is -0.137. The molecule has 1 N–H and O–H groups in total. The minimum Gasteiger partial charge on any atom is -0.340 e. The Morgan fingerprint density at radius 3 is 2.23 bits per heavy atom. The molecule has 0 atom stereocenters. The average molecular weight is 369 g/mol. The first-order valence-corrected chi connectivity index (χ1v) is 9.32. The zero-order chi connectivity index (χ0) is 18.6. The Labute approximate surface area is 152 Å². The highest BCUT2D eigenvalue weighted by Crippen LogP contribution is 2.29. The maximum absolute atomic E-state index is 12.6. The fourth-order valence-corrected chi connectivity index (χ4v) is 3.78. The summed E-state index contributed by atoms with van der Waals surface area (Å²) in [5.41, 5.74) is 0.112. The van der Waals surface area contributed by atoms with Gasteiger partial charge in [-0.25, -0.2) is 0 Å². The minimum atomic E-state index is -4.32. The lowest BCUT2D eigenvalue weighted by Gasteiger charge is -2.40. The Bertz CT molecular complexity index is 589. The molecule has 0 saturated carbocycles. The van der Waals surface area contributed by atoms with Crippen molar-refractivity contribution in [1.29, 1.82) is 0 Å². The SMILES string of the molecule is O=C(CCc1ccc(C(F)(F)F)cc1)N1CCN(C2CCNCC2)CC1. The summed E-state index contributed by atoms with van der Waals surface area (Å²) in [6.45, 7) is 5.45. The number of alkyl halides is 3. The standard InChI is InChI=1S/C19H26F3N3O/c20-19(21,22)16-4-1-15(2-5-16)3-6-18(26)25-13-11-24(12-14-25)17-7-9-23-10-8-17/h1-2,4-5,17,23H,3,6-14H2. The minimum absolute atomic E-state index is 0.0925. The number of nitrogens with one attached hydrogen (secondary N) is 1. The number of nitrogens with zero attached hydrogens (tertiary/aromatic N) is 2. The molecule has 4 nitrogen and oxygen atoms in total. The molecule has 0 aliphatic carbocycles. The zero-order valence-electron chi connectivity index (χ0n) is 14.9. The van der Waals surface area contributed by atoms with Crippen LogP contribution in [-0.2, 0) is 17.4 Å². The fraction of sp³-hybridized carbons (Fsp3) is 0.632. The van der Waals surface area contributed by atoms with E-state index in [0.717, 1.165) is 57.0 Å². The second kappa shape index (κ2) is 8.39. The van der Waals surface area contributed by atoms with Crippen molar-refractivity contribution in [3.8, 4) is 0 Å². The van der Waals surface area contributed by atoms with E-state index in [2.05, 4.69) is 10.2 Å². The van der Waals surface area contributed by atoms with Gasteiger partial charge in [-0.05, 0) is 50.0 Å². The van der Waals surface area contributed by atoms with Gasteiger partial charge in [-0.15, -0.1) is 0 Å². The largest absolute Gasteiger partial charge is 0.416 e. The monoisotopic (exact) mass is 369 g/mol. The van der Waals surface area contributed by atoms with Crippen LogP contribution in [0.5, 0.6) is 0 Å². The molecule has 0 spiro atoms. The molecule has 3 rings (SSSR count). The van der Waals surface area contributed by atoms with Crippen molar-refractivity contribution in [3.63, 3.8) is 0 Å². The summed E-state index contributed by atoms with van der Waals surface area (Å²) in [5, 5.41) is 3.37. The number of hydrogen-bond acceptors (Lipinski definition) is 3. The normalized spacial score (nSPS) is 20.3. The van der Waals surface area contributed by atoms with Crippen molar-refractivity contribution in [2.24, 2.45) is 0 Å². The van der Waals surface area contributed by atoms with Crippen LogP contribution in [0.25, 0.3) is 0 Å². The molecular formula is C19H26F3N3O. The molecule has 0 unspecified atom stereocenters. The van der Waals surface area contributed by atoms with E-state index in [1.165, 1.54) is 25.0 Å². The number of carbonyl (C=O) groups is 1. The van der Waals surface area contributed by atoms with Gasteiger partial charge in [-0.1, -0.05) is 12.1 Å². The van der Waals surface area contributed by atoms with Gasteiger partial charge in [0.1, 0.15) is 0 Å². The predicted octanol–water partition coefficient (Wildman–Crippen LogP) is 2.53. The molecule has 26 heavy (non-hydrogen) atoms. The van der Waals surface area contributed by atoms with Crippen LogP contribution in [0, 0.1) is 0 Å². The van der Waals surface area contributed by atoms with Crippen LogP contribution < -0.4 is 5.32 Å². The summed E-state index contributed by atoms with van der Waals surface area (Å²) in [4.78, 5) is 16.8. The van der Waals surface area contributed by atoms with Crippen molar-refractivity contribution in [2.45, 2.75) is 37.9 Å². The van der Waals surface area contributed by atoms with Crippen LogP contribution in [-0.4, -0.2) is 61.0 Å². The van der Waals surface area contributed by atoms with Gasteiger partial charge in [0.25, 0.3) is 0 Å². The molecule has 1 amide bonds. The number of carbonyl (C=O) groups excluding carboxylic acids is 1. The second-order valence-corrected chi connectivity index (χ2v) is 7.09. The van der Waals surface area contributed by atoms with E-state index in [1.54, 1.807) is 0 Å². The average Bonchev–Trinajstić information content (AvgIpc) is 2.66. The molecule has 2 heterocycles. The Hall–Kier alpha value is -1.60. The Morgan fingerprint density at radius 2 is 1.65 bits per heavy atom. The van der Waals surface area contributed by atoms with Crippen LogP contribution in [0.15, 0.2) is 24.3 Å². The van der Waals surface area contributed by atoms with Crippen molar-refractivity contribution in [3.05, 3.63) is 35.4 Å². The van der Waals surface area contributed by atoms with Crippen LogP contribution in [0.1, 0.15) is 30.4 Å². The van der Waals surface area contributed by atoms with Crippen molar-refractivity contribution < 1.29 is 18.0 Å². The summed E-state index contributed by atoms with van der Waals surface area (Å²) in [6.07, 6.45) is -1.16. The molecule has 0 bridgehead atoms. The molecule has 144 valence electrons. The van der Waals surface area contributed by atoms with E-state index in [4.69, 9.17) is 0 Å². The third-order valence-corrected chi connectivity index (χ3v) is 5.40. The van der Waals surface area contributed by atoms with Crippen LogP contribution in [0.2, 0.25) is 0 Å². The molecule has 0 aromatic heterocycles. The third-order valence-electron chi connectivity index (χ3n) is 5.40. The highest BCUT2D eigenvalue weighted by molar-refractivity contribution is 5.76. The van der Waals surface area contributed by atoms with E-state index in [9.17, 15) is 18.0 Å². The number of benzene rings is 1. The Kier molecular flexibility index (Phi) is 6.19. The number of piperidine rings is 1. The number of halogens is 3. The molecule has 1 aromatic carbocycles. The van der Waals surface area contributed by atoms with Crippen molar-refractivity contribution in [1.82, 2.24) is 15.1 Å². The van der Waals surface area contributed by atoms with Gasteiger partial charge in [-0.3, -0.25) is 9.69 Å². The third kappa shape index (κ3) is 4.98. The van der Waals surface area contributed by atoms with Gasteiger partial charge in [-0.2, -0.15) is 13.2 Å². The van der Waals surface area contributed by atoms with Crippen LogP contribution >= 0.6 is 0 Å². The van der Waals surface area contributed by atoms with Crippen molar-refractivity contribution in [2.75, 3.05) is 39.3 Å². The first-order chi connectivity index (χ1) is 12.4. The molecule has 2 saturated heterocycles. The molecular weight excluding hydrogens is 343 g/mol. The quantitative estimate of drug-likeness (QED) is 0.886. The van der Waals surface area contributed by atoms with E-state index in [-0.39, 0.29) is 5.91 Å². The predicted molar refractivity (Wildman–Crippen MR) is 93.8 cm³/mol. The lowest BCUT2D eigenvalue weighted by atomic mass is 10.0. The van der Waals surface area contributed by atoms with E-state index >= 15 is 0 Å². The maximum atomic E-state index is 12.6.